The van der Waals surface area contributed by atoms with Gasteiger partial charge in [0.05, 0.1) is 5.52 Å². The number of hydrogen-bond donors (Lipinski definition) is 1. The monoisotopic (exact) mass is 260 g/mol. The number of benzene rings is 1. The van der Waals surface area contributed by atoms with E-state index in [0.29, 0.717) is 0 Å². The van der Waals surface area contributed by atoms with Crippen LogP contribution in [0.15, 0.2) is 24.3 Å². The van der Waals surface area contributed by atoms with Gasteiger partial charge < -0.3 is 5.32 Å². The number of carbonyl (C=O) groups excluding carboxylic acids is 1. The summed E-state index contributed by atoms with van der Waals surface area (Å²) < 4.78 is 1.31. The Morgan fingerprint density at radius 3 is 2.74 bits per heavy atom. The molecule has 5 nitrogen and oxygen atoms in total. The van der Waals surface area contributed by atoms with E-state index in [0.717, 1.165) is 17.5 Å². The Bertz CT molecular complexity index is 582. The average Bonchev–Trinajstić information content (AvgIpc) is 2.69. The lowest BCUT2D eigenvalue weighted by atomic mass is 9.89. The Labute approximate surface area is 113 Å². The fraction of sp³-hybridized carbons (Fsp3) is 0.500. The van der Waals surface area contributed by atoms with E-state index in [-0.39, 0.29) is 17.5 Å². The van der Waals surface area contributed by atoms with E-state index in [4.69, 9.17) is 0 Å². The summed E-state index contributed by atoms with van der Waals surface area (Å²) in [7, 11) is 0. The Morgan fingerprint density at radius 2 is 2.05 bits per heavy atom. The van der Waals surface area contributed by atoms with Gasteiger partial charge in [0, 0.05) is 6.04 Å². The molecular weight excluding hydrogens is 240 g/mol. The van der Waals surface area contributed by atoms with Gasteiger partial charge in [-0.3, -0.25) is 0 Å². The molecule has 0 saturated carbocycles. The standard InChI is InChI=1S/C14H20N4O/c1-10(9-14(2,3)4)15-13(19)18-12-8-6-5-7-11(12)16-17-18/h5-8,10H,9H2,1-4H3,(H,15,19). The minimum Gasteiger partial charge on any atom is -0.334 e. The van der Waals surface area contributed by atoms with Crippen LogP contribution < -0.4 is 5.32 Å². The molecule has 0 aliphatic heterocycles. The highest BCUT2D eigenvalue weighted by Crippen LogP contribution is 2.20. The van der Waals surface area contributed by atoms with Crippen molar-refractivity contribution >= 4 is 17.1 Å². The molecule has 19 heavy (non-hydrogen) atoms. The summed E-state index contributed by atoms with van der Waals surface area (Å²) in [5.41, 5.74) is 1.63. The van der Waals surface area contributed by atoms with Crippen LogP contribution in [0.2, 0.25) is 0 Å². The van der Waals surface area contributed by atoms with Crippen LogP contribution in [0.1, 0.15) is 34.1 Å². The molecule has 1 aromatic carbocycles. The summed E-state index contributed by atoms with van der Waals surface area (Å²) in [6.45, 7) is 8.46. The minimum atomic E-state index is -0.231. The molecular formula is C14H20N4O. The van der Waals surface area contributed by atoms with Crippen molar-refractivity contribution in [3.8, 4) is 0 Å². The summed E-state index contributed by atoms with van der Waals surface area (Å²) in [6, 6.07) is 7.28. The third-order valence-corrected chi connectivity index (χ3v) is 2.83. The number of hydrogen-bond acceptors (Lipinski definition) is 3. The van der Waals surface area contributed by atoms with Crippen molar-refractivity contribution in [2.75, 3.05) is 0 Å². The molecule has 5 heteroatoms. The minimum absolute atomic E-state index is 0.0930. The Morgan fingerprint density at radius 1 is 1.37 bits per heavy atom. The van der Waals surface area contributed by atoms with E-state index in [1.54, 1.807) is 0 Å². The number of carbonyl (C=O) groups is 1. The molecule has 0 bridgehead atoms. The van der Waals surface area contributed by atoms with Gasteiger partial charge in [0.1, 0.15) is 5.52 Å². The molecule has 1 atom stereocenters. The van der Waals surface area contributed by atoms with Crippen LogP contribution in [0.3, 0.4) is 0 Å². The number of fused-ring (bicyclic) bond motifs is 1. The lowest BCUT2D eigenvalue weighted by Crippen LogP contribution is -2.38. The zero-order valence-electron chi connectivity index (χ0n) is 11.8. The molecule has 2 aromatic rings. The fourth-order valence-corrected chi connectivity index (χ4v) is 2.26. The molecule has 102 valence electrons. The molecule has 0 radical (unpaired) electrons. The summed E-state index contributed by atoms with van der Waals surface area (Å²) >= 11 is 0. The molecule has 1 N–H and O–H groups in total. The first-order valence-electron chi connectivity index (χ1n) is 6.48. The van der Waals surface area contributed by atoms with Crippen molar-refractivity contribution in [3.05, 3.63) is 24.3 Å². The van der Waals surface area contributed by atoms with Gasteiger partial charge in [-0.15, -0.1) is 5.10 Å². The maximum absolute atomic E-state index is 12.2. The van der Waals surface area contributed by atoms with Crippen LogP contribution in [0.5, 0.6) is 0 Å². The first-order valence-corrected chi connectivity index (χ1v) is 6.48. The zero-order valence-corrected chi connectivity index (χ0v) is 11.8. The van der Waals surface area contributed by atoms with Crippen LogP contribution in [0.4, 0.5) is 4.79 Å². The lowest BCUT2D eigenvalue weighted by molar-refractivity contribution is 0.231. The van der Waals surface area contributed by atoms with Gasteiger partial charge in [0.25, 0.3) is 0 Å². The largest absolute Gasteiger partial charge is 0.344 e. The first-order chi connectivity index (χ1) is 8.87. The summed E-state index contributed by atoms with van der Waals surface area (Å²) in [5.74, 6) is 0. The van der Waals surface area contributed by atoms with Gasteiger partial charge in [-0.1, -0.05) is 38.1 Å². The van der Waals surface area contributed by atoms with E-state index < -0.39 is 0 Å². The van der Waals surface area contributed by atoms with Crippen LogP contribution in [-0.4, -0.2) is 27.1 Å². The van der Waals surface area contributed by atoms with Gasteiger partial charge in [-0.25, -0.2) is 4.79 Å². The molecule has 2 rings (SSSR count). The highest BCUT2D eigenvalue weighted by atomic mass is 16.2. The number of nitrogens with zero attached hydrogens (tertiary/aromatic N) is 3. The van der Waals surface area contributed by atoms with Gasteiger partial charge in [-0.05, 0) is 30.9 Å². The Balaban J connectivity index is 2.12. The van der Waals surface area contributed by atoms with E-state index in [9.17, 15) is 4.79 Å². The Hall–Kier alpha value is -1.91. The van der Waals surface area contributed by atoms with E-state index in [1.165, 1.54) is 4.68 Å². The quantitative estimate of drug-likeness (QED) is 0.903. The van der Waals surface area contributed by atoms with Crippen LogP contribution in [0, 0.1) is 5.41 Å². The third kappa shape index (κ3) is 3.30. The molecule has 0 aliphatic carbocycles. The van der Waals surface area contributed by atoms with E-state index >= 15 is 0 Å². The predicted molar refractivity (Wildman–Crippen MR) is 75.0 cm³/mol. The first kappa shape index (κ1) is 13.5. The van der Waals surface area contributed by atoms with Crippen molar-refractivity contribution in [1.29, 1.82) is 0 Å². The fourth-order valence-electron chi connectivity index (χ4n) is 2.26. The van der Waals surface area contributed by atoms with Crippen molar-refractivity contribution in [3.63, 3.8) is 0 Å². The number of aromatic nitrogens is 3. The smallest absolute Gasteiger partial charge is 0.334 e. The predicted octanol–water partition coefficient (Wildman–Crippen LogP) is 2.81. The molecule has 1 unspecified atom stereocenters. The molecule has 0 spiro atoms. The maximum Gasteiger partial charge on any atom is 0.344 e. The normalized spacial score (nSPS) is 13.5. The lowest BCUT2D eigenvalue weighted by Gasteiger charge is -2.23. The van der Waals surface area contributed by atoms with Crippen molar-refractivity contribution in [2.45, 2.75) is 40.2 Å². The van der Waals surface area contributed by atoms with Gasteiger partial charge in [-0.2, -0.15) is 4.68 Å². The maximum atomic E-state index is 12.2. The van der Waals surface area contributed by atoms with Crippen LogP contribution >= 0.6 is 0 Å². The Kier molecular flexibility index (Phi) is 3.55. The highest BCUT2D eigenvalue weighted by Gasteiger charge is 2.18. The van der Waals surface area contributed by atoms with Crippen LogP contribution in [-0.2, 0) is 0 Å². The molecule has 1 amide bonds. The summed E-state index contributed by atoms with van der Waals surface area (Å²) in [5, 5.41) is 10.8. The molecule has 0 saturated heterocycles. The average molecular weight is 260 g/mol. The highest BCUT2D eigenvalue weighted by molar-refractivity contribution is 5.87. The number of rotatable bonds is 2. The van der Waals surface area contributed by atoms with Gasteiger partial charge >= 0.3 is 6.03 Å². The van der Waals surface area contributed by atoms with Crippen molar-refractivity contribution in [2.24, 2.45) is 5.41 Å². The summed E-state index contributed by atoms with van der Waals surface area (Å²) in [4.78, 5) is 12.2. The van der Waals surface area contributed by atoms with Crippen molar-refractivity contribution in [1.82, 2.24) is 20.3 Å². The number of para-hydroxylation sites is 1. The number of amides is 1. The second kappa shape index (κ2) is 4.99. The second-order valence-corrected chi connectivity index (χ2v) is 6.11. The van der Waals surface area contributed by atoms with Gasteiger partial charge in [0.15, 0.2) is 0 Å². The zero-order chi connectivity index (χ0) is 14.0. The van der Waals surface area contributed by atoms with E-state index in [1.807, 2.05) is 31.2 Å². The molecule has 1 aromatic heterocycles. The molecule has 1 heterocycles. The number of nitrogens with one attached hydrogen (secondary N) is 1. The van der Waals surface area contributed by atoms with Gasteiger partial charge in [0.2, 0.25) is 0 Å². The van der Waals surface area contributed by atoms with E-state index in [2.05, 4.69) is 36.4 Å². The third-order valence-electron chi connectivity index (χ3n) is 2.83. The SMILES string of the molecule is CC(CC(C)(C)C)NC(=O)n1nnc2ccccc21. The van der Waals surface area contributed by atoms with Crippen molar-refractivity contribution < 1.29 is 4.79 Å². The topological polar surface area (TPSA) is 59.8 Å². The summed E-state index contributed by atoms with van der Waals surface area (Å²) in [6.07, 6.45) is 0.908. The van der Waals surface area contributed by atoms with Crippen LogP contribution in [0.25, 0.3) is 11.0 Å². The second-order valence-electron chi connectivity index (χ2n) is 6.11. The molecule has 0 fully saturated rings. The molecule has 0 aliphatic rings.